The van der Waals surface area contributed by atoms with Crippen LogP contribution < -0.4 is 0 Å². The van der Waals surface area contributed by atoms with Crippen molar-refractivity contribution in [3.8, 4) is 17.4 Å². The number of hydrogen-bond donors (Lipinski definition) is 3. The molecular formula is C18H16N2O2. The molecule has 0 radical (unpaired) electrons. The van der Waals surface area contributed by atoms with E-state index in [9.17, 15) is 10.2 Å². The van der Waals surface area contributed by atoms with E-state index >= 15 is 0 Å². The van der Waals surface area contributed by atoms with Gasteiger partial charge in [0.15, 0.2) is 0 Å². The fourth-order valence-electron chi connectivity index (χ4n) is 4.04. The minimum atomic E-state index is 0.182. The van der Waals surface area contributed by atoms with Gasteiger partial charge in [-0.3, -0.25) is 4.57 Å². The Kier molecular flexibility index (Phi) is 2.16. The highest BCUT2D eigenvalue weighted by Crippen LogP contribution is 2.54. The standard InChI is InChI=1S/C18H16N2O2/c21-17-15-10-1-2-11(4-3-10)16(15)18(22)20(17)13-5-6-14-12(9-13)7-8-19-14/h1-2,5-11,19,21-22H,3-4H2/t10-,11+. The summed E-state index contributed by atoms with van der Waals surface area (Å²) in [6, 6.07) is 7.85. The first-order valence-electron chi connectivity index (χ1n) is 7.66. The second kappa shape index (κ2) is 3.97. The van der Waals surface area contributed by atoms with Gasteiger partial charge in [-0.1, -0.05) is 12.2 Å². The van der Waals surface area contributed by atoms with E-state index in [1.54, 1.807) is 4.57 Å². The number of H-pyrrole nitrogens is 1. The monoisotopic (exact) mass is 292 g/mol. The summed E-state index contributed by atoms with van der Waals surface area (Å²) in [4.78, 5) is 3.16. The molecule has 0 saturated carbocycles. The van der Waals surface area contributed by atoms with Gasteiger partial charge in [0.05, 0.1) is 5.69 Å². The van der Waals surface area contributed by atoms with E-state index in [0.29, 0.717) is 0 Å². The maximum absolute atomic E-state index is 10.7. The highest BCUT2D eigenvalue weighted by Gasteiger charge is 2.37. The smallest absolute Gasteiger partial charge is 0.202 e. The molecule has 3 aromatic rings. The molecule has 0 amide bonds. The summed E-state index contributed by atoms with van der Waals surface area (Å²) in [6.45, 7) is 0. The number of fused-ring (bicyclic) bond motifs is 2. The van der Waals surface area contributed by atoms with Crippen LogP contribution in [0, 0.1) is 0 Å². The Morgan fingerprint density at radius 1 is 0.955 bits per heavy atom. The van der Waals surface area contributed by atoms with Crippen molar-refractivity contribution in [3.05, 3.63) is 53.7 Å². The predicted octanol–water partition coefficient (Wildman–Crippen LogP) is 3.90. The fourth-order valence-corrected chi connectivity index (χ4v) is 4.04. The van der Waals surface area contributed by atoms with Gasteiger partial charge in [0.2, 0.25) is 11.8 Å². The van der Waals surface area contributed by atoms with Crippen molar-refractivity contribution >= 4 is 10.9 Å². The maximum atomic E-state index is 10.7. The van der Waals surface area contributed by atoms with Gasteiger partial charge in [0.25, 0.3) is 0 Å². The van der Waals surface area contributed by atoms with Crippen LogP contribution in [0.5, 0.6) is 11.8 Å². The molecule has 3 aliphatic rings. The molecule has 0 saturated heterocycles. The van der Waals surface area contributed by atoms with Crippen LogP contribution in [0.4, 0.5) is 0 Å². The molecule has 6 rings (SSSR count). The summed E-state index contributed by atoms with van der Waals surface area (Å²) in [5.41, 5.74) is 3.65. The van der Waals surface area contributed by atoms with Gasteiger partial charge in [0, 0.05) is 40.1 Å². The molecule has 2 aromatic heterocycles. The topological polar surface area (TPSA) is 61.2 Å². The largest absolute Gasteiger partial charge is 0.494 e. The third-order valence-electron chi connectivity index (χ3n) is 5.10. The van der Waals surface area contributed by atoms with Crippen molar-refractivity contribution in [2.45, 2.75) is 24.7 Å². The minimum Gasteiger partial charge on any atom is -0.494 e. The van der Waals surface area contributed by atoms with Crippen molar-refractivity contribution < 1.29 is 10.2 Å². The Morgan fingerprint density at radius 3 is 2.27 bits per heavy atom. The summed E-state index contributed by atoms with van der Waals surface area (Å²) in [5.74, 6) is 0.814. The SMILES string of the molecule is Oc1c2c(c(O)n1-c1ccc3[nH]ccc3c1)[C@H]1C=C[C@@H]2CC1. The molecular weight excluding hydrogens is 276 g/mol. The summed E-state index contributed by atoms with van der Waals surface area (Å²) >= 11 is 0. The minimum absolute atomic E-state index is 0.182. The highest BCUT2D eigenvalue weighted by molar-refractivity contribution is 5.82. The van der Waals surface area contributed by atoms with Crippen LogP contribution in [0.25, 0.3) is 16.6 Å². The van der Waals surface area contributed by atoms with Crippen molar-refractivity contribution in [2.24, 2.45) is 0 Å². The molecule has 2 bridgehead atoms. The third kappa shape index (κ3) is 1.37. The zero-order valence-electron chi connectivity index (χ0n) is 12.0. The maximum Gasteiger partial charge on any atom is 0.202 e. The predicted molar refractivity (Wildman–Crippen MR) is 84.8 cm³/mol. The molecule has 0 aliphatic heterocycles. The number of aromatic hydroxyl groups is 2. The van der Waals surface area contributed by atoms with Gasteiger partial charge in [0.1, 0.15) is 0 Å². The van der Waals surface area contributed by atoms with E-state index in [-0.39, 0.29) is 23.6 Å². The van der Waals surface area contributed by atoms with E-state index in [2.05, 4.69) is 17.1 Å². The van der Waals surface area contributed by atoms with Crippen molar-refractivity contribution in [2.75, 3.05) is 0 Å². The van der Waals surface area contributed by atoms with Crippen LogP contribution >= 0.6 is 0 Å². The number of rotatable bonds is 1. The number of aromatic amines is 1. The summed E-state index contributed by atoms with van der Waals surface area (Å²) < 4.78 is 1.58. The molecule has 0 spiro atoms. The van der Waals surface area contributed by atoms with Crippen LogP contribution in [0.2, 0.25) is 0 Å². The van der Waals surface area contributed by atoms with Crippen molar-refractivity contribution in [3.63, 3.8) is 0 Å². The number of nitrogens with zero attached hydrogens (tertiary/aromatic N) is 1. The number of benzene rings is 1. The summed E-state index contributed by atoms with van der Waals surface area (Å²) in [5, 5.41) is 22.5. The molecule has 1 aromatic carbocycles. The van der Waals surface area contributed by atoms with Gasteiger partial charge < -0.3 is 15.2 Å². The van der Waals surface area contributed by atoms with Crippen LogP contribution in [0.15, 0.2) is 42.6 Å². The summed E-state index contributed by atoms with van der Waals surface area (Å²) in [6.07, 6.45) is 8.30. The number of allylic oxidation sites excluding steroid dienone is 2. The quantitative estimate of drug-likeness (QED) is 0.596. The Bertz CT molecular complexity index is 895. The first-order valence-corrected chi connectivity index (χ1v) is 7.66. The zero-order valence-corrected chi connectivity index (χ0v) is 12.0. The lowest BCUT2D eigenvalue weighted by atomic mass is 9.73. The molecule has 2 atom stereocenters. The molecule has 4 nitrogen and oxygen atoms in total. The molecule has 0 unspecified atom stereocenters. The van der Waals surface area contributed by atoms with Gasteiger partial charge >= 0.3 is 0 Å². The molecule has 0 fully saturated rings. The Morgan fingerprint density at radius 2 is 1.64 bits per heavy atom. The van der Waals surface area contributed by atoms with Crippen LogP contribution in [-0.2, 0) is 0 Å². The van der Waals surface area contributed by atoms with Gasteiger partial charge in [-0.2, -0.15) is 0 Å². The number of aromatic nitrogens is 2. The second-order valence-corrected chi connectivity index (χ2v) is 6.23. The third-order valence-corrected chi connectivity index (χ3v) is 5.10. The Hall–Kier alpha value is -2.62. The van der Waals surface area contributed by atoms with Gasteiger partial charge in [-0.15, -0.1) is 0 Å². The average Bonchev–Trinajstić information content (AvgIpc) is 3.12. The first-order chi connectivity index (χ1) is 10.7. The van der Waals surface area contributed by atoms with Gasteiger partial charge in [-0.25, -0.2) is 0 Å². The molecule has 22 heavy (non-hydrogen) atoms. The fraction of sp³-hybridized carbons (Fsp3) is 0.222. The first kappa shape index (κ1) is 12.0. The van der Waals surface area contributed by atoms with E-state index < -0.39 is 0 Å². The molecule has 2 heterocycles. The molecule has 4 heteroatoms. The zero-order chi connectivity index (χ0) is 14.8. The van der Waals surface area contributed by atoms with Gasteiger partial charge in [-0.05, 0) is 37.1 Å². The molecule has 110 valence electrons. The van der Waals surface area contributed by atoms with E-state index in [1.807, 2.05) is 30.5 Å². The average molecular weight is 292 g/mol. The number of hydrogen-bond acceptors (Lipinski definition) is 2. The van der Waals surface area contributed by atoms with E-state index in [4.69, 9.17) is 0 Å². The van der Waals surface area contributed by atoms with Crippen LogP contribution in [0.3, 0.4) is 0 Å². The normalized spacial score (nSPS) is 22.4. The lowest BCUT2D eigenvalue weighted by Crippen LogP contribution is -2.15. The highest BCUT2D eigenvalue weighted by atomic mass is 16.3. The van der Waals surface area contributed by atoms with E-state index in [0.717, 1.165) is 40.6 Å². The van der Waals surface area contributed by atoms with E-state index in [1.165, 1.54) is 0 Å². The van der Waals surface area contributed by atoms with Crippen LogP contribution in [0.1, 0.15) is 35.8 Å². The molecule has 3 N–H and O–H groups in total. The second-order valence-electron chi connectivity index (χ2n) is 6.23. The lowest BCUT2D eigenvalue weighted by Gasteiger charge is -2.30. The summed E-state index contributed by atoms with van der Waals surface area (Å²) in [7, 11) is 0. The van der Waals surface area contributed by atoms with Crippen molar-refractivity contribution in [1.29, 1.82) is 0 Å². The number of nitrogens with one attached hydrogen (secondary N) is 1. The van der Waals surface area contributed by atoms with Crippen LogP contribution in [-0.4, -0.2) is 19.8 Å². The Balaban J connectivity index is 1.77. The van der Waals surface area contributed by atoms with Crippen molar-refractivity contribution in [1.82, 2.24) is 9.55 Å². The lowest BCUT2D eigenvalue weighted by molar-refractivity contribution is 0.399. The Labute approximate surface area is 127 Å². The molecule has 3 aliphatic carbocycles.